The fourth-order valence-corrected chi connectivity index (χ4v) is 2.23. The molecule has 2 aromatic rings. The fraction of sp³-hybridized carbons (Fsp3) is 0.0667. The summed E-state index contributed by atoms with van der Waals surface area (Å²) < 4.78 is 5.96. The van der Waals surface area contributed by atoms with Crippen LogP contribution in [0.3, 0.4) is 0 Å². The minimum atomic E-state index is -0.382. The zero-order chi connectivity index (χ0) is 15.2. The number of carbonyl (C=O) groups is 1. The molecule has 0 saturated carbocycles. The maximum atomic E-state index is 12.0. The van der Waals surface area contributed by atoms with Crippen molar-refractivity contribution in [3.8, 4) is 5.75 Å². The summed E-state index contributed by atoms with van der Waals surface area (Å²) in [7, 11) is 1.58. The molecule has 0 saturated heterocycles. The van der Waals surface area contributed by atoms with E-state index in [1.807, 2.05) is 24.3 Å². The van der Waals surface area contributed by atoms with Gasteiger partial charge in [-0.2, -0.15) is 5.10 Å². The number of hydrogen-bond donors (Lipinski definition) is 1. The summed E-state index contributed by atoms with van der Waals surface area (Å²) in [5, 5.41) is 4.28. The van der Waals surface area contributed by atoms with Gasteiger partial charge in [-0.15, -0.1) is 0 Å². The van der Waals surface area contributed by atoms with E-state index in [4.69, 9.17) is 16.3 Å². The lowest BCUT2D eigenvalue weighted by atomic mass is 10.2. The van der Waals surface area contributed by atoms with Crippen molar-refractivity contribution < 1.29 is 9.53 Å². The van der Waals surface area contributed by atoms with Crippen molar-refractivity contribution in [3.63, 3.8) is 0 Å². The second kappa shape index (κ2) is 7.24. The van der Waals surface area contributed by atoms with E-state index in [9.17, 15) is 4.79 Å². The lowest BCUT2D eigenvalue weighted by Gasteiger charge is -2.04. The molecule has 0 bridgehead atoms. The largest absolute Gasteiger partial charge is 0.496 e. The van der Waals surface area contributed by atoms with Crippen molar-refractivity contribution in [2.75, 3.05) is 7.11 Å². The zero-order valence-corrected chi connectivity index (χ0v) is 13.5. The van der Waals surface area contributed by atoms with Gasteiger partial charge in [0.25, 0.3) is 5.91 Å². The van der Waals surface area contributed by atoms with E-state index >= 15 is 0 Å². The zero-order valence-electron chi connectivity index (χ0n) is 11.1. The van der Waals surface area contributed by atoms with Crippen LogP contribution in [-0.2, 0) is 0 Å². The monoisotopic (exact) mass is 366 g/mol. The minimum Gasteiger partial charge on any atom is -0.496 e. The minimum absolute atomic E-state index is 0.350. The van der Waals surface area contributed by atoms with Gasteiger partial charge in [0, 0.05) is 10.0 Å². The van der Waals surface area contributed by atoms with Crippen LogP contribution in [0.5, 0.6) is 5.75 Å². The third-order valence-corrected chi connectivity index (χ3v) is 3.50. The van der Waals surface area contributed by atoms with Gasteiger partial charge in [0.15, 0.2) is 0 Å². The molecule has 21 heavy (non-hydrogen) atoms. The highest BCUT2D eigenvalue weighted by Gasteiger charge is 2.09. The Labute approximate surface area is 135 Å². The predicted octanol–water partition coefficient (Wildman–Crippen LogP) is 3.88. The quantitative estimate of drug-likeness (QED) is 0.659. The Balaban J connectivity index is 2.10. The van der Waals surface area contributed by atoms with Gasteiger partial charge >= 0.3 is 0 Å². The van der Waals surface area contributed by atoms with Crippen LogP contribution in [0.4, 0.5) is 0 Å². The number of benzene rings is 2. The SMILES string of the molecule is COc1ccccc1/C=N/NC(=O)c1cc(Br)ccc1Cl. The molecule has 0 aliphatic carbocycles. The molecule has 0 unspecified atom stereocenters. The number of amides is 1. The molecule has 0 aliphatic rings. The van der Waals surface area contributed by atoms with Crippen LogP contribution >= 0.6 is 27.5 Å². The number of hydrogen-bond acceptors (Lipinski definition) is 3. The summed E-state index contributed by atoms with van der Waals surface area (Å²) >= 11 is 9.28. The van der Waals surface area contributed by atoms with Gasteiger partial charge in [0.2, 0.25) is 0 Å². The number of ether oxygens (including phenoxy) is 1. The first-order chi connectivity index (χ1) is 10.1. The summed E-state index contributed by atoms with van der Waals surface area (Å²) in [6.07, 6.45) is 1.52. The van der Waals surface area contributed by atoms with Crippen LogP contribution in [0.2, 0.25) is 5.02 Å². The predicted molar refractivity (Wildman–Crippen MR) is 87.2 cm³/mol. The van der Waals surface area contributed by atoms with Crippen LogP contribution in [0.15, 0.2) is 52.0 Å². The lowest BCUT2D eigenvalue weighted by Crippen LogP contribution is -2.18. The Bertz CT molecular complexity index is 689. The molecule has 0 heterocycles. The van der Waals surface area contributed by atoms with Gasteiger partial charge in [-0.05, 0) is 30.3 Å². The number of nitrogens with zero attached hydrogens (tertiary/aromatic N) is 1. The number of carbonyl (C=O) groups excluding carboxylic acids is 1. The van der Waals surface area contributed by atoms with E-state index < -0.39 is 0 Å². The van der Waals surface area contributed by atoms with Crippen molar-refractivity contribution in [1.29, 1.82) is 0 Å². The molecule has 1 N–H and O–H groups in total. The Morgan fingerprint density at radius 2 is 2.10 bits per heavy atom. The standard InChI is InChI=1S/C15H12BrClN2O2/c1-21-14-5-3-2-4-10(14)9-18-19-15(20)12-8-11(16)6-7-13(12)17/h2-9H,1H3,(H,19,20)/b18-9+. The molecule has 1 amide bonds. The van der Waals surface area contributed by atoms with E-state index in [1.54, 1.807) is 25.3 Å². The number of nitrogens with one attached hydrogen (secondary N) is 1. The first kappa shape index (κ1) is 15.5. The third kappa shape index (κ3) is 4.06. The molecule has 0 aliphatic heterocycles. The van der Waals surface area contributed by atoms with Crippen molar-refractivity contribution in [3.05, 3.63) is 63.1 Å². The van der Waals surface area contributed by atoms with Crippen molar-refractivity contribution in [1.82, 2.24) is 5.43 Å². The molecule has 0 aromatic heterocycles. The van der Waals surface area contributed by atoms with Crippen LogP contribution in [0.25, 0.3) is 0 Å². The van der Waals surface area contributed by atoms with Crippen LogP contribution < -0.4 is 10.2 Å². The van der Waals surface area contributed by atoms with E-state index in [0.717, 1.165) is 10.0 Å². The normalized spacial score (nSPS) is 10.6. The second-order valence-electron chi connectivity index (χ2n) is 4.07. The second-order valence-corrected chi connectivity index (χ2v) is 5.39. The molecule has 0 atom stereocenters. The van der Waals surface area contributed by atoms with E-state index in [2.05, 4.69) is 26.5 Å². The fourth-order valence-electron chi connectivity index (χ4n) is 1.67. The maximum absolute atomic E-state index is 12.0. The van der Waals surface area contributed by atoms with E-state index in [1.165, 1.54) is 6.21 Å². The van der Waals surface area contributed by atoms with Gasteiger partial charge < -0.3 is 4.74 Å². The van der Waals surface area contributed by atoms with Gasteiger partial charge in [0.05, 0.1) is 23.9 Å². The molecule has 4 nitrogen and oxygen atoms in total. The Morgan fingerprint density at radius 3 is 2.86 bits per heavy atom. The summed E-state index contributed by atoms with van der Waals surface area (Å²) in [5.41, 5.74) is 3.55. The van der Waals surface area contributed by atoms with Gasteiger partial charge in [0.1, 0.15) is 5.75 Å². The average Bonchev–Trinajstić information content (AvgIpc) is 2.50. The summed E-state index contributed by atoms with van der Waals surface area (Å²) in [6.45, 7) is 0. The molecule has 2 rings (SSSR count). The van der Waals surface area contributed by atoms with E-state index in [0.29, 0.717) is 16.3 Å². The molecule has 2 aromatic carbocycles. The molecular weight excluding hydrogens is 356 g/mol. The Morgan fingerprint density at radius 1 is 1.33 bits per heavy atom. The van der Waals surface area contributed by atoms with Crippen LogP contribution in [0, 0.1) is 0 Å². The van der Waals surface area contributed by atoms with Crippen molar-refractivity contribution >= 4 is 39.7 Å². The van der Waals surface area contributed by atoms with Gasteiger partial charge in [-0.25, -0.2) is 5.43 Å². The first-order valence-corrected chi connectivity index (χ1v) is 7.20. The summed E-state index contributed by atoms with van der Waals surface area (Å²) in [4.78, 5) is 12.0. The molecule has 6 heteroatoms. The molecule has 108 valence electrons. The number of hydrazone groups is 1. The van der Waals surface area contributed by atoms with Crippen molar-refractivity contribution in [2.45, 2.75) is 0 Å². The Kier molecular flexibility index (Phi) is 5.36. The van der Waals surface area contributed by atoms with Crippen molar-refractivity contribution in [2.24, 2.45) is 5.10 Å². The third-order valence-electron chi connectivity index (χ3n) is 2.68. The summed E-state index contributed by atoms with van der Waals surface area (Å²) in [5.74, 6) is 0.295. The average molecular weight is 368 g/mol. The smallest absolute Gasteiger partial charge is 0.272 e. The van der Waals surface area contributed by atoms with Crippen LogP contribution in [-0.4, -0.2) is 19.2 Å². The number of rotatable bonds is 4. The Hall–Kier alpha value is -1.85. The van der Waals surface area contributed by atoms with Crippen LogP contribution in [0.1, 0.15) is 15.9 Å². The summed E-state index contributed by atoms with van der Waals surface area (Å²) in [6, 6.07) is 12.4. The highest BCUT2D eigenvalue weighted by Crippen LogP contribution is 2.21. The molecule has 0 radical (unpaired) electrons. The number of para-hydroxylation sites is 1. The molecule has 0 fully saturated rings. The lowest BCUT2D eigenvalue weighted by molar-refractivity contribution is 0.0955. The van der Waals surface area contributed by atoms with E-state index in [-0.39, 0.29) is 5.91 Å². The molecular formula is C15H12BrClN2O2. The topological polar surface area (TPSA) is 50.7 Å². The number of methoxy groups -OCH3 is 1. The number of halogens is 2. The van der Waals surface area contributed by atoms with Gasteiger partial charge in [-0.1, -0.05) is 39.7 Å². The highest BCUT2D eigenvalue weighted by molar-refractivity contribution is 9.10. The maximum Gasteiger partial charge on any atom is 0.272 e. The highest BCUT2D eigenvalue weighted by atomic mass is 79.9. The van der Waals surface area contributed by atoms with Gasteiger partial charge in [-0.3, -0.25) is 4.79 Å². The first-order valence-electron chi connectivity index (χ1n) is 6.03. The molecule has 0 spiro atoms.